The molecule has 5 atom stereocenters. The number of quaternary nitrogens is 1. The van der Waals surface area contributed by atoms with Gasteiger partial charge in [-0.1, -0.05) is 20.8 Å². The summed E-state index contributed by atoms with van der Waals surface area (Å²) in [5.41, 5.74) is 1.68. The topological polar surface area (TPSA) is 16.6 Å². The molecule has 0 aliphatic heterocycles. The third-order valence-electron chi connectivity index (χ3n) is 7.01. The Hall–Kier alpha value is 0.310. The van der Waals surface area contributed by atoms with Crippen LogP contribution in [0.2, 0.25) is 0 Å². The molecule has 0 radical (unpaired) electrons. The van der Waals surface area contributed by atoms with E-state index in [4.69, 9.17) is 0 Å². The van der Waals surface area contributed by atoms with Crippen LogP contribution in [0.15, 0.2) is 0 Å². The van der Waals surface area contributed by atoms with Crippen molar-refractivity contribution in [3.05, 3.63) is 0 Å². The molecule has 2 heteroatoms. The van der Waals surface area contributed by atoms with Crippen molar-refractivity contribution in [2.75, 3.05) is 5.88 Å². The Morgan fingerprint density at radius 3 is 2.50 bits per heavy atom. The molecule has 5 unspecified atom stereocenters. The number of hydrogen-bond acceptors (Lipinski definition) is 1. The van der Waals surface area contributed by atoms with Gasteiger partial charge in [0.15, 0.2) is 0 Å². The zero-order valence-electron chi connectivity index (χ0n) is 12.5. The molecule has 2 N–H and O–H groups in total. The Labute approximate surface area is 118 Å². The molecule has 1 nitrogen and oxygen atoms in total. The molecule has 0 aromatic heterocycles. The Bertz CT molecular complexity index is 349. The monoisotopic (exact) mass is 268 g/mol. The van der Waals surface area contributed by atoms with Crippen molar-refractivity contribution < 1.29 is 5.32 Å². The second kappa shape index (κ2) is 3.91. The van der Waals surface area contributed by atoms with Crippen molar-refractivity contribution in [3.8, 4) is 0 Å². The van der Waals surface area contributed by atoms with Crippen molar-refractivity contribution in [2.24, 2.45) is 28.6 Å². The van der Waals surface area contributed by atoms with Crippen LogP contribution in [0.4, 0.5) is 0 Å². The largest absolute Gasteiger partial charge is 0.333 e. The number of thiol groups is 1. The lowest BCUT2D eigenvalue weighted by Gasteiger charge is -2.53. The molecule has 104 valence electrons. The van der Waals surface area contributed by atoms with Crippen LogP contribution in [0, 0.1) is 28.6 Å². The number of hydrogen-bond donors (Lipinski definition) is 2. The van der Waals surface area contributed by atoms with Crippen molar-refractivity contribution in [1.82, 2.24) is 0 Å². The van der Waals surface area contributed by atoms with Gasteiger partial charge < -0.3 is 5.32 Å². The van der Waals surface area contributed by atoms with E-state index in [1.54, 1.807) is 0 Å². The van der Waals surface area contributed by atoms with E-state index in [1.165, 1.54) is 32.1 Å². The van der Waals surface area contributed by atoms with Gasteiger partial charge in [0.1, 0.15) is 5.88 Å². The molecule has 0 saturated heterocycles. The quantitative estimate of drug-likeness (QED) is 0.566. The molecular formula is C16H30NS+. The Kier molecular flexibility index (Phi) is 2.89. The zero-order chi connectivity index (χ0) is 13.2. The van der Waals surface area contributed by atoms with Gasteiger partial charge in [-0.25, -0.2) is 0 Å². The highest BCUT2D eigenvalue weighted by molar-refractivity contribution is 7.79. The second-order valence-electron chi connectivity index (χ2n) is 8.37. The maximum Gasteiger partial charge on any atom is 0.120 e. The molecule has 0 amide bonds. The van der Waals surface area contributed by atoms with Crippen molar-refractivity contribution >= 4 is 12.6 Å². The average molecular weight is 268 g/mol. The maximum absolute atomic E-state index is 4.50. The predicted octanol–water partition coefficient (Wildman–Crippen LogP) is 3.07. The van der Waals surface area contributed by atoms with Gasteiger partial charge in [0.2, 0.25) is 0 Å². The standard InChI is InChI=1S/C16H29NS/c1-14(2)11-6-9-15(3)7-5-8-16(4,17-10-18)13(15)12(11)14/h11-13,17-18H,5-10H2,1-4H3/p+1. The van der Waals surface area contributed by atoms with Gasteiger partial charge in [0, 0.05) is 12.3 Å². The summed E-state index contributed by atoms with van der Waals surface area (Å²) < 4.78 is 0. The minimum Gasteiger partial charge on any atom is -0.333 e. The van der Waals surface area contributed by atoms with Crippen LogP contribution in [-0.2, 0) is 0 Å². The summed E-state index contributed by atoms with van der Waals surface area (Å²) in [5.74, 6) is 3.86. The fourth-order valence-electron chi connectivity index (χ4n) is 6.03. The molecule has 0 spiro atoms. The van der Waals surface area contributed by atoms with Gasteiger partial charge in [-0.05, 0) is 55.3 Å². The minimum absolute atomic E-state index is 0.450. The van der Waals surface area contributed by atoms with Crippen molar-refractivity contribution in [3.63, 3.8) is 0 Å². The van der Waals surface area contributed by atoms with Crippen molar-refractivity contribution in [2.45, 2.75) is 65.3 Å². The van der Waals surface area contributed by atoms with Crippen LogP contribution in [0.25, 0.3) is 0 Å². The maximum atomic E-state index is 4.50. The predicted molar refractivity (Wildman–Crippen MR) is 79.6 cm³/mol. The smallest absolute Gasteiger partial charge is 0.120 e. The Balaban J connectivity index is 1.95. The summed E-state index contributed by atoms with van der Waals surface area (Å²) in [5, 5.41) is 2.54. The molecule has 3 aliphatic carbocycles. The van der Waals surface area contributed by atoms with Crippen molar-refractivity contribution in [1.29, 1.82) is 0 Å². The second-order valence-corrected chi connectivity index (χ2v) is 8.74. The molecular weight excluding hydrogens is 238 g/mol. The van der Waals surface area contributed by atoms with E-state index >= 15 is 0 Å². The molecule has 0 heterocycles. The highest BCUT2D eigenvalue weighted by Gasteiger charge is 2.71. The fraction of sp³-hybridized carbons (Fsp3) is 1.00. The van der Waals surface area contributed by atoms with E-state index in [0.717, 1.165) is 23.6 Å². The van der Waals surface area contributed by atoms with Gasteiger partial charge in [0.05, 0.1) is 5.54 Å². The van der Waals surface area contributed by atoms with E-state index in [0.29, 0.717) is 16.4 Å². The van der Waals surface area contributed by atoms with Crippen LogP contribution < -0.4 is 5.32 Å². The molecule has 3 saturated carbocycles. The van der Waals surface area contributed by atoms with Gasteiger partial charge in [-0.3, -0.25) is 0 Å². The first-order chi connectivity index (χ1) is 8.35. The van der Waals surface area contributed by atoms with E-state index in [2.05, 4.69) is 45.6 Å². The van der Waals surface area contributed by atoms with E-state index < -0.39 is 0 Å². The summed E-state index contributed by atoms with van der Waals surface area (Å²) in [7, 11) is 0. The number of rotatable bonds is 2. The van der Waals surface area contributed by atoms with Crippen LogP contribution >= 0.6 is 12.6 Å². The number of nitrogens with two attached hydrogens (primary N) is 1. The average Bonchev–Trinajstić information content (AvgIpc) is 2.80. The normalized spacial score (nSPS) is 53.5. The first-order valence-corrected chi connectivity index (χ1v) is 8.44. The third kappa shape index (κ3) is 1.64. The SMILES string of the molecule is CC12CCCC(C)([NH2+]CS)C1C1C(CC2)C1(C)C. The van der Waals surface area contributed by atoms with Crippen LogP contribution in [0.3, 0.4) is 0 Å². The molecule has 0 aromatic rings. The first kappa shape index (κ1) is 13.3. The minimum atomic E-state index is 0.450. The van der Waals surface area contributed by atoms with E-state index in [1.807, 2.05) is 0 Å². The fourth-order valence-corrected chi connectivity index (χ4v) is 6.44. The molecule has 3 aliphatic rings. The molecule has 3 rings (SSSR count). The summed E-state index contributed by atoms with van der Waals surface area (Å²) in [4.78, 5) is 0. The summed E-state index contributed by atoms with van der Waals surface area (Å²) in [6.45, 7) is 10.2. The van der Waals surface area contributed by atoms with E-state index in [-0.39, 0.29) is 0 Å². The molecule has 3 fully saturated rings. The highest BCUT2D eigenvalue weighted by atomic mass is 32.1. The molecule has 0 bridgehead atoms. The lowest BCUT2D eigenvalue weighted by molar-refractivity contribution is -0.723. The number of fused-ring (bicyclic) bond motifs is 3. The van der Waals surface area contributed by atoms with Gasteiger partial charge in [0.25, 0.3) is 0 Å². The van der Waals surface area contributed by atoms with Crippen LogP contribution in [-0.4, -0.2) is 11.4 Å². The van der Waals surface area contributed by atoms with Crippen LogP contribution in [0.1, 0.15) is 59.8 Å². The lowest BCUT2D eigenvalue weighted by atomic mass is 9.53. The lowest BCUT2D eigenvalue weighted by Crippen LogP contribution is -2.98. The van der Waals surface area contributed by atoms with Gasteiger partial charge in [-0.2, -0.15) is 0 Å². The molecule has 0 aromatic carbocycles. The van der Waals surface area contributed by atoms with Crippen LogP contribution in [0.5, 0.6) is 0 Å². The van der Waals surface area contributed by atoms with Gasteiger partial charge >= 0.3 is 0 Å². The first-order valence-electron chi connectivity index (χ1n) is 7.80. The summed E-state index contributed by atoms with van der Waals surface area (Å²) >= 11 is 4.50. The Morgan fingerprint density at radius 1 is 1.11 bits per heavy atom. The molecule has 18 heavy (non-hydrogen) atoms. The zero-order valence-corrected chi connectivity index (χ0v) is 13.4. The summed E-state index contributed by atoms with van der Waals surface area (Å²) in [6.07, 6.45) is 7.24. The summed E-state index contributed by atoms with van der Waals surface area (Å²) in [6, 6.07) is 0. The Morgan fingerprint density at radius 2 is 1.83 bits per heavy atom. The third-order valence-corrected chi connectivity index (χ3v) is 7.19. The van der Waals surface area contributed by atoms with E-state index in [9.17, 15) is 0 Å². The van der Waals surface area contributed by atoms with Gasteiger partial charge in [-0.15, -0.1) is 12.6 Å². The highest BCUT2D eigenvalue weighted by Crippen LogP contribution is 2.73.